The number of fused-ring (bicyclic) bond motifs is 1. The van der Waals surface area contributed by atoms with Crippen molar-refractivity contribution >= 4 is 22.9 Å². The van der Waals surface area contributed by atoms with Crippen molar-refractivity contribution in [2.45, 2.75) is 39.3 Å². The predicted molar refractivity (Wildman–Crippen MR) is 109 cm³/mol. The molecule has 3 aromatic heterocycles. The fraction of sp³-hybridized carbons (Fsp3) is 0.450. The average molecular weight is 386 g/mol. The number of pyridine rings is 1. The van der Waals surface area contributed by atoms with E-state index in [0.29, 0.717) is 12.2 Å². The van der Waals surface area contributed by atoms with Crippen molar-refractivity contribution in [1.82, 2.24) is 24.2 Å². The van der Waals surface area contributed by atoms with Crippen LogP contribution in [0.2, 0.25) is 0 Å². The molecule has 0 fully saturated rings. The number of amides is 1. The molecule has 0 aliphatic rings. The molecule has 7 heteroatoms. The van der Waals surface area contributed by atoms with E-state index in [1.807, 2.05) is 47.4 Å². The highest BCUT2D eigenvalue weighted by atomic mass is 32.1. The van der Waals surface area contributed by atoms with Gasteiger partial charge in [0.25, 0.3) is 5.91 Å². The van der Waals surface area contributed by atoms with E-state index in [4.69, 9.17) is 0 Å². The van der Waals surface area contributed by atoms with Gasteiger partial charge in [0.05, 0.1) is 11.7 Å². The highest BCUT2D eigenvalue weighted by Crippen LogP contribution is 2.24. The number of nitrogens with zero attached hydrogens (tertiary/aromatic N) is 5. The zero-order valence-corrected chi connectivity index (χ0v) is 17.2. The topological polar surface area (TPSA) is 53.7 Å². The summed E-state index contributed by atoms with van der Waals surface area (Å²) in [7, 11) is 3.91. The molecule has 1 amide bonds. The lowest BCUT2D eigenvalue weighted by Gasteiger charge is -2.23. The molecule has 0 saturated carbocycles. The monoisotopic (exact) mass is 385 g/mol. The summed E-state index contributed by atoms with van der Waals surface area (Å²) >= 11 is 1.65. The summed E-state index contributed by atoms with van der Waals surface area (Å²) in [6, 6.07) is 6.02. The molecule has 0 aliphatic carbocycles. The maximum absolute atomic E-state index is 13.0. The van der Waals surface area contributed by atoms with Crippen molar-refractivity contribution in [2.24, 2.45) is 0 Å². The van der Waals surface area contributed by atoms with Crippen LogP contribution >= 0.6 is 11.3 Å². The summed E-state index contributed by atoms with van der Waals surface area (Å²) in [5.41, 5.74) is 2.26. The van der Waals surface area contributed by atoms with E-state index in [-0.39, 0.29) is 11.9 Å². The SMILES string of the molecule is CCCCN(C)C(=O)c1nc2ccccn2c1CN(C)C(C)c1nccs1. The first-order valence-corrected chi connectivity index (χ1v) is 10.2. The minimum absolute atomic E-state index is 0.0162. The standard InChI is InChI=1S/C20H27N5OS/c1-5-6-11-23(3)20(26)18-16(25-12-8-7-9-17(25)22-18)14-24(4)15(2)19-21-10-13-27-19/h7-10,12-13,15H,5-6,11,14H2,1-4H3. The summed E-state index contributed by atoms with van der Waals surface area (Å²) in [5.74, 6) is -0.0162. The molecule has 1 atom stereocenters. The van der Waals surface area contributed by atoms with E-state index in [1.54, 1.807) is 16.2 Å². The zero-order chi connectivity index (χ0) is 19.4. The van der Waals surface area contributed by atoms with Crippen LogP contribution in [0.25, 0.3) is 5.65 Å². The predicted octanol–water partition coefficient (Wildman–Crippen LogP) is 3.86. The van der Waals surface area contributed by atoms with Gasteiger partial charge in [-0.1, -0.05) is 19.4 Å². The maximum Gasteiger partial charge on any atom is 0.274 e. The minimum Gasteiger partial charge on any atom is -0.340 e. The van der Waals surface area contributed by atoms with Gasteiger partial charge in [-0.2, -0.15) is 0 Å². The summed E-state index contributed by atoms with van der Waals surface area (Å²) in [6.45, 7) is 5.63. The molecule has 0 aliphatic heterocycles. The largest absolute Gasteiger partial charge is 0.340 e. The van der Waals surface area contributed by atoms with Gasteiger partial charge in [-0.25, -0.2) is 9.97 Å². The normalized spacial score (nSPS) is 12.6. The van der Waals surface area contributed by atoms with Crippen LogP contribution in [0.4, 0.5) is 0 Å². The smallest absolute Gasteiger partial charge is 0.274 e. The van der Waals surface area contributed by atoms with Gasteiger partial charge in [-0.3, -0.25) is 9.69 Å². The van der Waals surface area contributed by atoms with E-state index < -0.39 is 0 Å². The molecule has 1 unspecified atom stereocenters. The number of carbonyl (C=O) groups is 1. The van der Waals surface area contributed by atoms with Crippen molar-refractivity contribution < 1.29 is 4.79 Å². The summed E-state index contributed by atoms with van der Waals surface area (Å²) in [6.07, 6.45) is 5.86. The lowest BCUT2D eigenvalue weighted by atomic mass is 10.2. The van der Waals surface area contributed by atoms with E-state index in [2.05, 4.69) is 35.8 Å². The van der Waals surface area contributed by atoms with Crippen molar-refractivity contribution in [3.8, 4) is 0 Å². The van der Waals surface area contributed by atoms with Gasteiger partial charge < -0.3 is 9.30 Å². The van der Waals surface area contributed by atoms with Crippen molar-refractivity contribution in [3.63, 3.8) is 0 Å². The van der Waals surface area contributed by atoms with Crippen LogP contribution in [0.15, 0.2) is 36.0 Å². The molecular weight excluding hydrogens is 358 g/mol. The fourth-order valence-electron chi connectivity index (χ4n) is 3.05. The van der Waals surface area contributed by atoms with E-state index in [9.17, 15) is 4.79 Å². The molecule has 0 saturated heterocycles. The zero-order valence-electron chi connectivity index (χ0n) is 16.4. The third kappa shape index (κ3) is 4.20. The third-order valence-electron chi connectivity index (χ3n) is 4.89. The Morgan fingerprint density at radius 3 is 2.85 bits per heavy atom. The lowest BCUT2D eigenvalue weighted by molar-refractivity contribution is 0.0785. The van der Waals surface area contributed by atoms with Crippen LogP contribution in [0, 0.1) is 0 Å². The second kappa shape index (κ2) is 8.63. The van der Waals surface area contributed by atoms with Gasteiger partial charge in [0.15, 0.2) is 5.69 Å². The fourth-order valence-corrected chi connectivity index (χ4v) is 3.81. The van der Waals surface area contributed by atoms with Crippen molar-refractivity contribution in [1.29, 1.82) is 0 Å². The maximum atomic E-state index is 13.0. The van der Waals surface area contributed by atoms with Gasteiger partial charge in [-0.15, -0.1) is 11.3 Å². The molecular formula is C20H27N5OS. The van der Waals surface area contributed by atoms with Crippen LogP contribution < -0.4 is 0 Å². The van der Waals surface area contributed by atoms with Crippen LogP contribution in [-0.2, 0) is 6.54 Å². The Kier molecular flexibility index (Phi) is 6.23. The molecule has 27 heavy (non-hydrogen) atoms. The first-order chi connectivity index (χ1) is 13.0. The highest BCUT2D eigenvalue weighted by molar-refractivity contribution is 7.09. The number of carbonyl (C=O) groups excluding carboxylic acids is 1. The average Bonchev–Trinajstić information content (AvgIpc) is 3.33. The number of imidazole rings is 1. The van der Waals surface area contributed by atoms with E-state index >= 15 is 0 Å². The first-order valence-electron chi connectivity index (χ1n) is 9.34. The number of rotatable bonds is 8. The third-order valence-corrected chi connectivity index (χ3v) is 5.84. The molecule has 0 spiro atoms. The van der Waals surface area contributed by atoms with Crippen molar-refractivity contribution in [2.75, 3.05) is 20.6 Å². The molecule has 144 valence electrons. The Labute approximate surface area is 164 Å². The van der Waals surface area contributed by atoms with Gasteiger partial charge in [-0.05, 0) is 32.5 Å². The number of unbranched alkanes of at least 4 members (excludes halogenated alkanes) is 1. The molecule has 0 aromatic carbocycles. The number of thiazole rings is 1. The van der Waals surface area contributed by atoms with Crippen LogP contribution in [0.3, 0.4) is 0 Å². The second-order valence-electron chi connectivity index (χ2n) is 6.88. The van der Waals surface area contributed by atoms with Gasteiger partial charge in [0, 0.05) is 37.9 Å². The molecule has 6 nitrogen and oxygen atoms in total. The molecule has 3 heterocycles. The second-order valence-corrected chi connectivity index (χ2v) is 7.80. The molecule has 0 N–H and O–H groups in total. The Hall–Kier alpha value is -2.25. The van der Waals surface area contributed by atoms with E-state index in [0.717, 1.165) is 35.7 Å². The number of hydrogen-bond donors (Lipinski definition) is 0. The molecule has 0 bridgehead atoms. The van der Waals surface area contributed by atoms with Crippen molar-refractivity contribution in [3.05, 3.63) is 52.4 Å². The minimum atomic E-state index is -0.0162. The van der Waals surface area contributed by atoms with Gasteiger partial charge >= 0.3 is 0 Å². The van der Waals surface area contributed by atoms with Crippen LogP contribution in [0.5, 0.6) is 0 Å². The highest BCUT2D eigenvalue weighted by Gasteiger charge is 2.24. The Morgan fingerprint density at radius 1 is 1.33 bits per heavy atom. The Morgan fingerprint density at radius 2 is 2.15 bits per heavy atom. The van der Waals surface area contributed by atoms with Crippen LogP contribution in [-0.4, -0.2) is 50.7 Å². The van der Waals surface area contributed by atoms with Gasteiger partial charge in [0.1, 0.15) is 10.7 Å². The molecule has 3 rings (SSSR count). The quantitative estimate of drug-likeness (QED) is 0.591. The van der Waals surface area contributed by atoms with Crippen LogP contribution in [0.1, 0.15) is 53.9 Å². The summed E-state index contributed by atoms with van der Waals surface area (Å²) in [5, 5.41) is 3.06. The number of aromatic nitrogens is 3. The number of hydrogen-bond acceptors (Lipinski definition) is 5. The summed E-state index contributed by atoms with van der Waals surface area (Å²) in [4.78, 5) is 26.1. The van der Waals surface area contributed by atoms with E-state index in [1.165, 1.54) is 0 Å². The Bertz CT molecular complexity index is 889. The molecule has 0 radical (unpaired) electrons. The lowest BCUT2D eigenvalue weighted by Crippen LogP contribution is -2.30. The summed E-state index contributed by atoms with van der Waals surface area (Å²) < 4.78 is 2.02. The van der Waals surface area contributed by atoms with Gasteiger partial charge in [0.2, 0.25) is 0 Å². The Balaban J connectivity index is 1.92. The first kappa shape index (κ1) is 19.5. The molecule has 3 aromatic rings.